The third-order valence-electron chi connectivity index (χ3n) is 4.21. The predicted octanol–water partition coefficient (Wildman–Crippen LogP) is 4.66. The van der Waals surface area contributed by atoms with Crippen LogP contribution in [0, 0.1) is 0 Å². The van der Waals surface area contributed by atoms with E-state index < -0.39 is 6.10 Å². The number of rotatable bonds is 4. The van der Waals surface area contributed by atoms with Gasteiger partial charge >= 0.3 is 0 Å². The third kappa shape index (κ3) is 2.47. The summed E-state index contributed by atoms with van der Waals surface area (Å²) in [7, 11) is 0. The van der Waals surface area contributed by atoms with Crippen molar-refractivity contribution in [1.82, 2.24) is 0 Å². The quantitative estimate of drug-likeness (QED) is 0.858. The van der Waals surface area contributed by atoms with Gasteiger partial charge in [0.1, 0.15) is 6.10 Å². The summed E-state index contributed by atoms with van der Waals surface area (Å²) in [5, 5.41) is 12.7. The maximum atomic E-state index is 10.6. The van der Waals surface area contributed by atoms with Gasteiger partial charge in [-0.15, -0.1) is 11.3 Å². The Balaban J connectivity index is 1.88. The molecular weight excluding hydrogens is 252 g/mol. The lowest BCUT2D eigenvalue weighted by Gasteiger charge is -2.26. The number of aliphatic hydroxyl groups excluding tert-OH is 1. The van der Waals surface area contributed by atoms with Crippen molar-refractivity contribution in [2.24, 2.45) is 0 Å². The van der Waals surface area contributed by atoms with E-state index in [1.54, 1.807) is 11.3 Å². The Morgan fingerprint density at radius 1 is 1.32 bits per heavy atom. The molecule has 0 saturated heterocycles. The van der Waals surface area contributed by atoms with Gasteiger partial charge in [-0.1, -0.05) is 37.6 Å². The van der Waals surface area contributed by atoms with Crippen LogP contribution in [0.25, 0.3) is 0 Å². The van der Waals surface area contributed by atoms with E-state index in [4.69, 9.17) is 0 Å². The van der Waals surface area contributed by atoms with Crippen molar-refractivity contribution >= 4 is 11.3 Å². The first kappa shape index (κ1) is 12.9. The van der Waals surface area contributed by atoms with E-state index in [0.717, 1.165) is 22.8 Å². The molecule has 1 saturated carbocycles. The molecule has 1 aliphatic rings. The van der Waals surface area contributed by atoms with Crippen molar-refractivity contribution in [3.63, 3.8) is 0 Å². The van der Waals surface area contributed by atoms with Gasteiger partial charge in [-0.25, -0.2) is 0 Å². The second-order valence-corrected chi connectivity index (χ2v) is 6.31. The highest BCUT2D eigenvalue weighted by atomic mass is 32.1. The molecule has 3 rings (SSSR count). The molecule has 100 valence electrons. The zero-order valence-electron chi connectivity index (χ0n) is 11.3. The second kappa shape index (κ2) is 5.48. The Labute approximate surface area is 118 Å². The molecule has 0 spiro atoms. The highest BCUT2D eigenvalue weighted by Gasteiger charge is 2.21. The molecule has 1 aromatic carbocycles. The normalized spacial score (nSPS) is 17.2. The summed E-state index contributed by atoms with van der Waals surface area (Å²) in [6.45, 7) is 2.14. The summed E-state index contributed by atoms with van der Waals surface area (Å²) >= 11 is 1.66. The van der Waals surface area contributed by atoms with E-state index in [0.29, 0.717) is 0 Å². The molecule has 1 N–H and O–H groups in total. The van der Waals surface area contributed by atoms with E-state index in [2.05, 4.69) is 36.6 Å². The molecule has 1 heterocycles. The minimum absolute atomic E-state index is 0.463. The Kier molecular flexibility index (Phi) is 3.72. The van der Waals surface area contributed by atoms with E-state index >= 15 is 0 Å². The fourth-order valence-corrected chi connectivity index (χ4v) is 3.76. The molecule has 2 heteroatoms. The maximum absolute atomic E-state index is 10.6. The van der Waals surface area contributed by atoms with Crippen molar-refractivity contribution < 1.29 is 5.11 Å². The highest BCUT2D eigenvalue weighted by Crippen LogP contribution is 2.38. The number of hydrogen-bond donors (Lipinski definition) is 1. The van der Waals surface area contributed by atoms with Gasteiger partial charge < -0.3 is 5.11 Å². The van der Waals surface area contributed by atoms with Gasteiger partial charge in [0.05, 0.1) is 0 Å². The Bertz CT molecular complexity index is 554. The van der Waals surface area contributed by atoms with Gasteiger partial charge in [0.15, 0.2) is 0 Å². The Morgan fingerprint density at radius 2 is 2.16 bits per heavy atom. The van der Waals surface area contributed by atoms with Gasteiger partial charge in [0.25, 0.3) is 0 Å². The van der Waals surface area contributed by atoms with E-state index in [9.17, 15) is 5.11 Å². The van der Waals surface area contributed by atoms with Gasteiger partial charge in [-0.2, -0.15) is 0 Å². The number of hydrogen-bond acceptors (Lipinski definition) is 2. The summed E-state index contributed by atoms with van der Waals surface area (Å²) < 4.78 is 0. The largest absolute Gasteiger partial charge is 0.383 e. The zero-order valence-corrected chi connectivity index (χ0v) is 12.1. The average molecular weight is 272 g/mol. The number of thiophene rings is 1. The number of aryl methyl sites for hydroxylation is 1. The molecule has 2 aromatic rings. The summed E-state index contributed by atoms with van der Waals surface area (Å²) in [4.78, 5) is 1.10. The molecule has 0 amide bonds. The summed E-state index contributed by atoms with van der Waals surface area (Å²) in [6.07, 6.45) is 4.48. The molecule has 0 aliphatic heterocycles. The van der Waals surface area contributed by atoms with Crippen LogP contribution < -0.4 is 0 Å². The molecular formula is C17H20OS. The van der Waals surface area contributed by atoms with Gasteiger partial charge in [0.2, 0.25) is 0 Å². The van der Waals surface area contributed by atoms with Crippen LogP contribution >= 0.6 is 11.3 Å². The predicted molar refractivity (Wildman–Crippen MR) is 80.8 cm³/mol. The van der Waals surface area contributed by atoms with Crippen LogP contribution in [0.2, 0.25) is 0 Å². The van der Waals surface area contributed by atoms with Crippen molar-refractivity contribution in [3.05, 3.63) is 57.3 Å². The first-order chi connectivity index (χ1) is 9.29. The molecule has 1 atom stereocenters. The van der Waals surface area contributed by atoms with Gasteiger partial charge in [-0.3, -0.25) is 0 Å². The fraction of sp³-hybridized carbons (Fsp3) is 0.412. The van der Waals surface area contributed by atoms with Crippen LogP contribution in [0.15, 0.2) is 35.7 Å². The highest BCUT2D eigenvalue weighted by molar-refractivity contribution is 7.10. The molecule has 0 bridgehead atoms. The lowest BCUT2D eigenvalue weighted by molar-refractivity contribution is 0.223. The van der Waals surface area contributed by atoms with E-state index in [-0.39, 0.29) is 0 Å². The molecule has 1 aliphatic carbocycles. The van der Waals surface area contributed by atoms with Crippen LogP contribution in [0.4, 0.5) is 0 Å². The van der Waals surface area contributed by atoms with E-state index in [1.165, 1.54) is 30.4 Å². The molecule has 1 unspecified atom stereocenters. The first-order valence-electron chi connectivity index (χ1n) is 7.13. The van der Waals surface area contributed by atoms with Gasteiger partial charge in [0, 0.05) is 4.88 Å². The van der Waals surface area contributed by atoms with Gasteiger partial charge in [-0.05, 0) is 53.3 Å². The topological polar surface area (TPSA) is 20.2 Å². The monoisotopic (exact) mass is 272 g/mol. The van der Waals surface area contributed by atoms with Crippen molar-refractivity contribution in [2.45, 2.75) is 44.6 Å². The van der Waals surface area contributed by atoms with Crippen LogP contribution in [0.5, 0.6) is 0 Å². The van der Waals surface area contributed by atoms with Crippen molar-refractivity contribution in [1.29, 1.82) is 0 Å². The maximum Gasteiger partial charge on any atom is 0.113 e. The van der Waals surface area contributed by atoms with Crippen LogP contribution in [-0.2, 0) is 6.42 Å². The summed E-state index contributed by atoms with van der Waals surface area (Å²) in [5.74, 6) is 0.723. The molecule has 1 fully saturated rings. The zero-order chi connectivity index (χ0) is 13.2. The molecule has 0 radical (unpaired) electrons. The number of benzene rings is 1. The lowest BCUT2D eigenvalue weighted by atomic mass is 9.79. The number of aliphatic hydroxyl groups is 1. The summed E-state index contributed by atoms with van der Waals surface area (Å²) in [5.41, 5.74) is 3.71. The van der Waals surface area contributed by atoms with Crippen molar-refractivity contribution in [3.8, 4) is 0 Å². The smallest absolute Gasteiger partial charge is 0.113 e. The van der Waals surface area contributed by atoms with Crippen molar-refractivity contribution in [2.75, 3.05) is 0 Å². The SMILES string of the molecule is CCc1ccsc1C(O)c1cccc(C2CCC2)c1. The molecule has 1 nitrogen and oxygen atoms in total. The fourth-order valence-electron chi connectivity index (χ4n) is 2.76. The van der Waals surface area contributed by atoms with E-state index in [1.807, 2.05) is 6.07 Å². The van der Waals surface area contributed by atoms with Crippen LogP contribution in [0.3, 0.4) is 0 Å². The van der Waals surface area contributed by atoms with Crippen LogP contribution in [-0.4, -0.2) is 5.11 Å². The Hall–Kier alpha value is -1.12. The second-order valence-electron chi connectivity index (χ2n) is 5.36. The first-order valence-corrected chi connectivity index (χ1v) is 8.01. The Morgan fingerprint density at radius 3 is 2.84 bits per heavy atom. The third-order valence-corrected chi connectivity index (χ3v) is 5.22. The molecule has 19 heavy (non-hydrogen) atoms. The van der Waals surface area contributed by atoms with Crippen LogP contribution in [0.1, 0.15) is 59.8 Å². The summed E-state index contributed by atoms with van der Waals surface area (Å²) in [6, 6.07) is 10.7. The molecule has 1 aromatic heterocycles. The minimum atomic E-state index is -0.463. The standard InChI is InChI=1S/C17H20OS/c1-2-12-9-10-19-17(12)16(18)15-8-4-7-14(11-15)13-5-3-6-13/h4,7-11,13,16,18H,2-3,5-6H2,1H3. The lowest BCUT2D eigenvalue weighted by Crippen LogP contribution is -2.09. The average Bonchev–Trinajstić information content (AvgIpc) is 2.84. The minimum Gasteiger partial charge on any atom is -0.383 e.